The monoisotopic (exact) mass is 250 g/mol. The third-order valence-electron chi connectivity index (χ3n) is 2.89. The topological polar surface area (TPSA) is 50.4 Å². The summed E-state index contributed by atoms with van der Waals surface area (Å²) in [4.78, 5) is 12.0. The number of hydrogen-bond acceptors (Lipinski definition) is 3. The molecule has 1 fully saturated rings. The summed E-state index contributed by atoms with van der Waals surface area (Å²) >= 11 is 0. The molecule has 0 spiro atoms. The zero-order chi connectivity index (χ0) is 11.3. The van der Waals surface area contributed by atoms with Gasteiger partial charge in [-0.1, -0.05) is 13.8 Å². The molecule has 0 saturated carbocycles. The number of ether oxygens (including phenoxy) is 1. The van der Waals surface area contributed by atoms with Crippen molar-refractivity contribution in [3.63, 3.8) is 0 Å². The van der Waals surface area contributed by atoms with Crippen LogP contribution < -0.4 is 10.6 Å². The quantitative estimate of drug-likeness (QED) is 0.781. The van der Waals surface area contributed by atoms with Crippen molar-refractivity contribution in [3.05, 3.63) is 0 Å². The van der Waals surface area contributed by atoms with E-state index in [-0.39, 0.29) is 18.3 Å². The number of piperidine rings is 1. The molecule has 0 aromatic rings. The van der Waals surface area contributed by atoms with Gasteiger partial charge in [-0.25, -0.2) is 0 Å². The minimum absolute atomic E-state index is 0. The lowest BCUT2D eigenvalue weighted by atomic mass is 9.91. The summed E-state index contributed by atoms with van der Waals surface area (Å²) in [7, 11) is 1.63. The Hall–Kier alpha value is -0.320. The third-order valence-corrected chi connectivity index (χ3v) is 2.89. The maximum absolute atomic E-state index is 12.0. The van der Waals surface area contributed by atoms with E-state index in [4.69, 9.17) is 4.74 Å². The van der Waals surface area contributed by atoms with Crippen molar-refractivity contribution in [1.29, 1.82) is 0 Å². The molecule has 1 aliphatic rings. The number of nitrogens with one attached hydrogen (secondary N) is 2. The Morgan fingerprint density at radius 1 is 1.44 bits per heavy atom. The Balaban J connectivity index is 0.00000225. The molecular weight excluding hydrogens is 228 g/mol. The predicted molar refractivity (Wildman–Crippen MR) is 66.9 cm³/mol. The van der Waals surface area contributed by atoms with Gasteiger partial charge in [-0.2, -0.15) is 0 Å². The second-order valence-electron chi connectivity index (χ2n) is 4.55. The largest absolute Gasteiger partial charge is 0.368 e. The third kappa shape index (κ3) is 3.92. The van der Waals surface area contributed by atoms with Gasteiger partial charge in [0.15, 0.2) is 0 Å². The van der Waals surface area contributed by atoms with Crippen molar-refractivity contribution in [2.45, 2.75) is 32.3 Å². The van der Waals surface area contributed by atoms with Gasteiger partial charge in [0.1, 0.15) is 5.60 Å². The number of amides is 1. The maximum atomic E-state index is 12.0. The zero-order valence-corrected chi connectivity index (χ0v) is 11.2. The average Bonchev–Trinajstić information content (AvgIpc) is 2.26. The van der Waals surface area contributed by atoms with Crippen LogP contribution in [-0.2, 0) is 9.53 Å². The molecule has 0 unspecified atom stereocenters. The highest BCUT2D eigenvalue weighted by Gasteiger charge is 2.39. The molecule has 5 heteroatoms. The van der Waals surface area contributed by atoms with E-state index in [2.05, 4.69) is 24.5 Å². The summed E-state index contributed by atoms with van der Waals surface area (Å²) in [5.41, 5.74) is -0.597. The molecule has 0 atom stereocenters. The molecule has 0 aromatic heterocycles. The van der Waals surface area contributed by atoms with E-state index in [1.165, 1.54) is 0 Å². The first-order chi connectivity index (χ1) is 7.10. The molecule has 1 heterocycles. The lowest BCUT2D eigenvalue weighted by molar-refractivity contribution is -0.146. The Bertz CT molecular complexity index is 216. The van der Waals surface area contributed by atoms with E-state index >= 15 is 0 Å². The van der Waals surface area contributed by atoms with Crippen LogP contribution in [0.5, 0.6) is 0 Å². The standard InChI is InChI=1S/C11H22N2O2.ClH/c1-9(2)8-13-10(14)11(15-3)4-6-12-7-5-11;/h9,12H,4-8H2,1-3H3,(H,13,14);1H. The highest BCUT2D eigenvalue weighted by atomic mass is 35.5. The Morgan fingerprint density at radius 2 is 2.00 bits per heavy atom. The average molecular weight is 251 g/mol. The number of methoxy groups -OCH3 is 1. The van der Waals surface area contributed by atoms with Crippen LogP contribution in [0.4, 0.5) is 0 Å². The van der Waals surface area contributed by atoms with Crippen LogP contribution in [0.1, 0.15) is 26.7 Å². The normalized spacial score (nSPS) is 19.0. The van der Waals surface area contributed by atoms with Gasteiger partial charge in [-0.15, -0.1) is 12.4 Å². The molecule has 1 rings (SSSR count). The number of halogens is 1. The van der Waals surface area contributed by atoms with Crippen molar-refractivity contribution in [3.8, 4) is 0 Å². The maximum Gasteiger partial charge on any atom is 0.252 e. The van der Waals surface area contributed by atoms with Gasteiger partial charge in [0.2, 0.25) is 0 Å². The molecule has 0 aromatic carbocycles. The summed E-state index contributed by atoms with van der Waals surface area (Å²) in [5.74, 6) is 0.518. The molecule has 96 valence electrons. The van der Waals surface area contributed by atoms with Gasteiger partial charge >= 0.3 is 0 Å². The van der Waals surface area contributed by atoms with E-state index in [1.54, 1.807) is 7.11 Å². The van der Waals surface area contributed by atoms with Gasteiger partial charge in [-0.3, -0.25) is 4.79 Å². The number of rotatable bonds is 4. The second-order valence-corrected chi connectivity index (χ2v) is 4.55. The molecule has 1 amide bonds. The summed E-state index contributed by atoms with van der Waals surface area (Å²) in [6.45, 7) is 6.59. The van der Waals surface area contributed by atoms with Crippen LogP contribution in [-0.4, -0.2) is 38.3 Å². The summed E-state index contributed by atoms with van der Waals surface area (Å²) < 4.78 is 5.42. The van der Waals surface area contributed by atoms with E-state index < -0.39 is 5.60 Å². The minimum Gasteiger partial charge on any atom is -0.368 e. The van der Waals surface area contributed by atoms with E-state index in [9.17, 15) is 4.79 Å². The predicted octanol–water partition coefficient (Wildman–Crippen LogP) is 0.949. The Kier molecular flexibility index (Phi) is 6.95. The van der Waals surface area contributed by atoms with Crippen LogP contribution in [0.2, 0.25) is 0 Å². The lowest BCUT2D eigenvalue weighted by Crippen LogP contribution is -2.54. The minimum atomic E-state index is -0.597. The molecule has 16 heavy (non-hydrogen) atoms. The highest BCUT2D eigenvalue weighted by Crippen LogP contribution is 2.22. The molecule has 0 bridgehead atoms. The molecule has 0 aliphatic carbocycles. The van der Waals surface area contributed by atoms with Gasteiger partial charge in [0.25, 0.3) is 5.91 Å². The van der Waals surface area contributed by atoms with Gasteiger partial charge in [0, 0.05) is 13.7 Å². The van der Waals surface area contributed by atoms with Crippen molar-refractivity contribution in [1.82, 2.24) is 10.6 Å². The van der Waals surface area contributed by atoms with Gasteiger partial charge in [-0.05, 0) is 31.8 Å². The van der Waals surface area contributed by atoms with Crippen LogP contribution in [0.3, 0.4) is 0 Å². The highest BCUT2D eigenvalue weighted by molar-refractivity contribution is 5.85. The number of hydrogen-bond donors (Lipinski definition) is 2. The van der Waals surface area contributed by atoms with Crippen molar-refractivity contribution in [2.75, 3.05) is 26.7 Å². The fourth-order valence-corrected chi connectivity index (χ4v) is 1.81. The first-order valence-electron chi connectivity index (χ1n) is 5.65. The summed E-state index contributed by atoms with van der Waals surface area (Å²) in [5, 5.41) is 6.19. The van der Waals surface area contributed by atoms with Gasteiger partial charge in [0.05, 0.1) is 0 Å². The fraction of sp³-hybridized carbons (Fsp3) is 0.909. The molecule has 4 nitrogen and oxygen atoms in total. The lowest BCUT2D eigenvalue weighted by Gasteiger charge is -2.34. The van der Waals surface area contributed by atoms with Crippen LogP contribution in [0.15, 0.2) is 0 Å². The fourth-order valence-electron chi connectivity index (χ4n) is 1.81. The Morgan fingerprint density at radius 3 is 2.44 bits per heavy atom. The number of carbonyl (C=O) groups is 1. The molecular formula is C11H23ClN2O2. The first kappa shape index (κ1) is 15.7. The van der Waals surface area contributed by atoms with Crippen molar-refractivity contribution in [2.24, 2.45) is 5.92 Å². The van der Waals surface area contributed by atoms with Crippen molar-refractivity contribution < 1.29 is 9.53 Å². The molecule has 2 N–H and O–H groups in total. The summed E-state index contributed by atoms with van der Waals surface area (Å²) in [6, 6.07) is 0. The first-order valence-corrected chi connectivity index (χ1v) is 5.65. The van der Waals surface area contributed by atoms with E-state index in [0.29, 0.717) is 5.92 Å². The SMILES string of the molecule is COC1(C(=O)NCC(C)C)CCNCC1.Cl. The molecule has 1 aliphatic heterocycles. The smallest absolute Gasteiger partial charge is 0.252 e. The Labute approximate surface area is 104 Å². The van der Waals surface area contributed by atoms with Crippen molar-refractivity contribution >= 4 is 18.3 Å². The summed E-state index contributed by atoms with van der Waals surface area (Å²) in [6.07, 6.45) is 1.51. The zero-order valence-electron chi connectivity index (χ0n) is 10.3. The van der Waals surface area contributed by atoms with E-state index in [0.717, 1.165) is 32.5 Å². The van der Waals surface area contributed by atoms with Crippen LogP contribution in [0.25, 0.3) is 0 Å². The second kappa shape index (κ2) is 7.09. The van der Waals surface area contributed by atoms with E-state index in [1.807, 2.05) is 0 Å². The van der Waals surface area contributed by atoms with Gasteiger partial charge < -0.3 is 15.4 Å². The molecule has 0 radical (unpaired) electrons. The van der Waals surface area contributed by atoms with Crippen LogP contribution in [0, 0.1) is 5.92 Å². The molecule has 1 saturated heterocycles. The number of carbonyl (C=O) groups excluding carboxylic acids is 1. The van der Waals surface area contributed by atoms with Crippen LogP contribution >= 0.6 is 12.4 Å².